The number of carbonyl (C=O) groups is 2. The zero-order chi connectivity index (χ0) is 17.4. The van der Waals surface area contributed by atoms with E-state index in [1.54, 1.807) is 24.3 Å². The maximum atomic E-state index is 12.1. The fourth-order valence-electron chi connectivity index (χ4n) is 2.31. The third kappa shape index (κ3) is 5.59. The summed E-state index contributed by atoms with van der Waals surface area (Å²) < 4.78 is 0. The van der Waals surface area contributed by atoms with E-state index in [0.29, 0.717) is 23.7 Å². The summed E-state index contributed by atoms with van der Waals surface area (Å²) in [5.41, 5.74) is 1.66. The summed E-state index contributed by atoms with van der Waals surface area (Å²) >= 11 is 6.08. The number of carboxylic acid groups (broad SMARTS) is 1. The van der Waals surface area contributed by atoms with Crippen LogP contribution in [0.4, 0.5) is 5.69 Å². The number of para-hydroxylation sites is 1. The Morgan fingerprint density at radius 1 is 1.00 bits per heavy atom. The molecule has 0 unspecified atom stereocenters. The molecule has 0 aromatic heterocycles. The van der Waals surface area contributed by atoms with Crippen LogP contribution in [0.3, 0.4) is 0 Å². The molecule has 0 aliphatic carbocycles. The van der Waals surface area contributed by atoms with E-state index < -0.39 is 5.97 Å². The minimum atomic E-state index is -0.984. The molecule has 0 radical (unpaired) electrons. The van der Waals surface area contributed by atoms with Crippen molar-refractivity contribution in [3.05, 3.63) is 65.2 Å². The first kappa shape index (κ1) is 17.8. The molecule has 0 heterocycles. The van der Waals surface area contributed by atoms with Crippen molar-refractivity contribution in [2.45, 2.75) is 6.42 Å². The molecule has 24 heavy (non-hydrogen) atoms. The number of nitrogens with zero attached hydrogens (tertiary/aromatic N) is 1. The third-order valence-corrected chi connectivity index (χ3v) is 3.83. The molecule has 0 saturated heterocycles. The van der Waals surface area contributed by atoms with Gasteiger partial charge in [0.2, 0.25) is 5.91 Å². The summed E-state index contributed by atoms with van der Waals surface area (Å²) in [5, 5.41) is 12.5. The predicted octanol–water partition coefficient (Wildman–Crippen LogP) is 2.59. The number of benzene rings is 2. The number of carbonyl (C=O) groups excluding carboxylic acids is 1. The van der Waals surface area contributed by atoms with Gasteiger partial charge in [0.1, 0.15) is 6.54 Å². The first-order valence-electron chi connectivity index (χ1n) is 7.58. The van der Waals surface area contributed by atoms with Crippen LogP contribution in [0.2, 0.25) is 5.02 Å². The van der Waals surface area contributed by atoms with Gasteiger partial charge in [0, 0.05) is 17.3 Å². The lowest BCUT2D eigenvalue weighted by atomic mass is 10.1. The van der Waals surface area contributed by atoms with Crippen LogP contribution in [0.25, 0.3) is 0 Å². The van der Waals surface area contributed by atoms with Gasteiger partial charge in [0.15, 0.2) is 0 Å². The highest BCUT2D eigenvalue weighted by atomic mass is 35.5. The maximum Gasteiger partial charge on any atom is 0.323 e. The maximum absolute atomic E-state index is 12.1. The molecule has 0 spiro atoms. The van der Waals surface area contributed by atoms with Crippen LogP contribution < -0.4 is 10.2 Å². The quantitative estimate of drug-likeness (QED) is 0.770. The fourth-order valence-corrected chi connectivity index (χ4v) is 2.54. The summed E-state index contributed by atoms with van der Waals surface area (Å²) in [5.74, 6) is -1.21. The van der Waals surface area contributed by atoms with Crippen molar-refractivity contribution in [3.63, 3.8) is 0 Å². The number of amides is 1. The number of aliphatic carboxylic acids is 1. The minimum Gasteiger partial charge on any atom is -0.480 e. The Labute approximate surface area is 145 Å². The van der Waals surface area contributed by atoms with E-state index in [1.165, 1.54) is 4.90 Å². The summed E-state index contributed by atoms with van der Waals surface area (Å²) in [6, 6.07) is 16.5. The normalized spacial score (nSPS) is 10.2. The van der Waals surface area contributed by atoms with Crippen LogP contribution >= 0.6 is 11.6 Å². The van der Waals surface area contributed by atoms with Gasteiger partial charge in [-0.1, -0.05) is 48.0 Å². The van der Waals surface area contributed by atoms with Crippen molar-refractivity contribution in [2.75, 3.05) is 24.5 Å². The smallest absolute Gasteiger partial charge is 0.323 e. The zero-order valence-corrected chi connectivity index (χ0v) is 13.9. The van der Waals surface area contributed by atoms with E-state index in [-0.39, 0.29) is 19.0 Å². The van der Waals surface area contributed by atoms with Crippen LogP contribution in [0.5, 0.6) is 0 Å². The second-order valence-electron chi connectivity index (χ2n) is 5.28. The van der Waals surface area contributed by atoms with Gasteiger partial charge in [-0.25, -0.2) is 0 Å². The molecule has 0 bridgehead atoms. The van der Waals surface area contributed by atoms with E-state index >= 15 is 0 Å². The van der Waals surface area contributed by atoms with Gasteiger partial charge < -0.3 is 15.3 Å². The Balaban J connectivity index is 1.88. The lowest BCUT2D eigenvalue weighted by molar-refractivity contribution is -0.135. The van der Waals surface area contributed by atoms with Crippen LogP contribution in [-0.4, -0.2) is 36.6 Å². The number of hydrogen-bond acceptors (Lipinski definition) is 3. The molecular weight excluding hydrogens is 328 g/mol. The molecule has 0 fully saturated rings. The van der Waals surface area contributed by atoms with E-state index in [9.17, 15) is 9.59 Å². The average Bonchev–Trinajstić information content (AvgIpc) is 2.56. The van der Waals surface area contributed by atoms with Crippen molar-refractivity contribution in [1.82, 2.24) is 5.32 Å². The lowest BCUT2D eigenvalue weighted by Crippen LogP contribution is -2.40. The third-order valence-electron chi connectivity index (χ3n) is 3.46. The topological polar surface area (TPSA) is 69.6 Å². The highest BCUT2D eigenvalue weighted by Crippen LogP contribution is 2.15. The molecule has 2 rings (SSSR count). The van der Waals surface area contributed by atoms with Gasteiger partial charge in [-0.05, 0) is 30.2 Å². The molecule has 2 aromatic carbocycles. The van der Waals surface area contributed by atoms with Crippen molar-refractivity contribution >= 4 is 29.2 Å². The van der Waals surface area contributed by atoms with E-state index in [0.717, 1.165) is 5.56 Å². The summed E-state index contributed by atoms with van der Waals surface area (Å²) in [6.45, 7) is 0.194. The van der Waals surface area contributed by atoms with Gasteiger partial charge in [-0.15, -0.1) is 0 Å². The Hall–Kier alpha value is -2.53. The average molecular weight is 347 g/mol. The molecular formula is C18H19ClN2O3. The molecule has 5 nitrogen and oxygen atoms in total. The summed E-state index contributed by atoms with van der Waals surface area (Å²) in [4.78, 5) is 24.6. The van der Waals surface area contributed by atoms with E-state index in [4.69, 9.17) is 16.7 Å². The number of hydrogen-bond donors (Lipinski definition) is 2. The van der Waals surface area contributed by atoms with Gasteiger partial charge in [0.05, 0.1) is 6.54 Å². The number of nitrogens with one attached hydrogen (secondary N) is 1. The lowest BCUT2D eigenvalue weighted by Gasteiger charge is -2.22. The fraction of sp³-hybridized carbons (Fsp3) is 0.222. The van der Waals surface area contributed by atoms with E-state index in [1.807, 2.05) is 30.3 Å². The van der Waals surface area contributed by atoms with Crippen molar-refractivity contribution < 1.29 is 14.7 Å². The number of rotatable bonds is 8. The van der Waals surface area contributed by atoms with Gasteiger partial charge in [-0.2, -0.15) is 0 Å². The second kappa shape index (κ2) is 8.93. The Morgan fingerprint density at radius 2 is 1.67 bits per heavy atom. The predicted molar refractivity (Wildman–Crippen MR) is 94.5 cm³/mol. The number of carboxylic acids is 1. The molecule has 0 saturated carbocycles. The second-order valence-corrected chi connectivity index (χ2v) is 5.68. The number of halogens is 1. The van der Waals surface area contributed by atoms with Gasteiger partial charge in [0.25, 0.3) is 0 Å². The van der Waals surface area contributed by atoms with E-state index in [2.05, 4.69) is 5.32 Å². The molecule has 0 atom stereocenters. The summed E-state index contributed by atoms with van der Waals surface area (Å²) in [6.07, 6.45) is 0.621. The van der Waals surface area contributed by atoms with Crippen LogP contribution in [0.1, 0.15) is 5.56 Å². The van der Waals surface area contributed by atoms with Crippen molar-refractivity contribution in [1.29, 1.82) is 0 Å². The standard InChI is InChI=1S/C18H19ClN2O3/c19-16-9-5-4-6-14(16)10-11-20-17(22)12-21(13-18(23)24)15-7-2-1-3-8-15/h1-9H,10-13H2,(H,20,22)(H,23,24). The highest BCUT2D eigenvalue weighted by molar-refractivity contribution is 6.31. The molecule has 2 aromatic rings. The van der Waals surface area contributed by atoms with Gasteiger partial charge >= 0.3 is 5.97 Å². The minimum absolute atomic E-state index is 0.0150. The number of anilines is 1. The zero-order valence-electron chi connectivity index (χ0n) is 13.1. The van der Waals surface area contributed by atoms with Crippen LogP contribution in [-0.2, 0) is 16.0 Å². The molecule has 6 heteroatoms. The Morgan fingerprint density at radius 3 is 2.33 bits per heavy atom. The Bertz CT molecular complexity index is 692. The van der Waals surface area contributed by atoms with Crippen LogP contribution in [0.15, 0.2) is 54.6 Å². The molecule has 1 amide bonds. The molecule has 0 aliphatic rings. The monoisotopic (exact) mass is 346 g/mol. The SMILES string of the molecule is O=C(O)CN(CC(=O)NCCc1ccccc1Cl)c1ccccc1. The first-order chi connectivity index (χ1) is 11.6. The molecule has 2 N–H and O–H groups in total. The summed E-state index contributed by atoms with van der Waals surface area (Å²) in [7, 11) is 0. The first-order valence-corrected chi connectivity index (χ1v) is 7.96. The Kier molecular flexibility index (Phi) is 6.63. The van der Waals surface area contributed by atoms with Gasteiger partial charge in [-0.3, -0.25) is 9.59 Å². The largest absolute Gasteiger partial charge is 0.480 e. The van der Waals surface area contributed by atoms with Crippen molar-refractivity contribution in [2.24, 2.45) is 0 Å². The van der Waals surface area contributed by atoms with Crippen molar-refractivity contribution in [3.8, 4) is 0 Å². The van der Waals surface area contributed by atoms with Crippen LogP contribution in [0, 0.1) is 0 Å². The molecule has 0 aliphatic heterocycles. The molecule has 126 valence electrons. The highest BCUT2D eigenvalue weighted by Gasteiger charge is 2.14.